The Labute approximate surface area is 87.2 Å². The lowest BCUT2D eigenvalue weighted by atomic mass is 9.99. The van der Waals surface area contributed by atoms with Crippen LogP contribution in [0.2, 0.25) is 0 Å². The van der Waals surface area contributed by atoms with Crippen LogP contribution in [0, 0.1) is 19.7 Å². The summed E-state index contributed by atoms with van der Waals surface area (Å²) >= 11 is 0. The molecule has 0 radical (unpaired) electrons. The Hall–Kier alpha value is -1.58. The first-order valence-electron chi connectivity index (χ1n) is 4.62. The molecule has 0 aliphatic heterocycles. The number of halogens is 1. The van der Waals surface area contributed by atoms with Crippen molar-refractivity contribution in [3.63, 3.8) is 0 Å². The van der Waals surface area contributed by atoms with Crippen LogP contribution in [0.4, 0.5) is 4.39 Å². The van der Waals surface area contributed by atoms with Gasteiger partial charge >= 0.3 is 5.97 Å². The van der Waals surface area contributed by atoms with Crippen molar-refractivity contribution >= 4 is 5.97 Å². The van der Waals surface area contributed by atoms with Gasteiger partial charge in [-0.2, -0.15) is 0 Å². The zero-order valence-corrected chi connectivity index (χ0v) is 8.67. The van der Waals surface area contributed by atoms with E-state index >= 15 is 0 Å². The smallest absolute Gasteiger partial charge is 0.303 e. The van der Waals surface area contributed by atoms with Crippen molar-refractivity contribution in [3.8, 4) is 5.75 Å². The second kappa shape index (κ2) is 4.29. The van der Waals surface area contributed by atoms with E-state index in [9.17, 15) is 14.3 Å². The molecule has 15 heavy (non-hydrogen) atoms. The van der Waals surface area contributed by atoms with Crippen LogP contribution >= 0.6 is 0 Å². The predicted octanol–water partition coefficient (Wildman–Crippen LogP) is 2.17. The Bertz CT molecular complexity index is 373. The lowest BCUT2D eigenvalue weighted by molar-refractivity contribution is -0.136. The minimum atomic E-state index is -0.962. The highest BCUT2D eigenvalue weighted by atomic mass is 19.1. The molecule has 0 aromatic heterocycles. The third-order valence-electron chi connectivity index (χ3n) is 2.40. The van der Waals surface area contributed by atoms with Gasteiger partial charge < -0.3 is 10.2 Å². The third kappa shape index (κ3) is 2.46. The molecule has 1 aromatic carbocycles. The summed E-state index contributed by atoms with van der Waals surface area (Å²) in [5.41, 5.74) is 1.13. The summed E-state index contributed by atoms with van der Waals surface area (Å²) in [6, 6.07) is 1.24. The monoisotopic (exact) mass is 212 g/mol. The van der Waals surface area contributed by atoms with E-state index < -0.39 is 11.8 Å². The summed E-state index contributed by atoms with van der Waals surface area (Å²) < 4.78 is 13.3. The molecule has 0 unspecified atom stereocenters. The van der Waals surface area contributed by atoms with E-state index in [0.717, 1.165) is 0 Å². The third-order valence-corrected chi connectivity index (χ3v) is 2.40. The molecule has 1 aromatic rings. The number of carboxylic acids is 1. The Morgan fingerprint density at radius 1 is 1.47 bits per heavy atom. The molecule has 3 nitrogen and oxygen atoms in total. The maximum absolute atomic E-state index is 13.3. The van der Waals surface area contributed by atoms with E-state index in [4.69, 9.17) is 5.11 Å². The molecule has 4 heteroatoms. The number of phenolic OH excluding ortho intramolecular Hbond substituents is 1. The van der Waals surface area contributed by atoms with Gasteiger partial charge in [-0.1, -0.05) is 0 Å². The Kier molecular flexibility index (Phi) is 3.29. The van der Waals surface area contributed by atoms with Gasteiger partial charge in [-0.05, 0) is 37.5 Å². The maximum atomic E-state index is 13.3. The van der Waals surface area contributed by atoms with Gasteiger partial charge in [-0.3, -0.25) is 4.79 Å². The summed E-state index contributed by atoms with van der Waals surface area (Å²) in [5, 5.41) is 18.2. The zero-order chi connectivity index (χ0) is 11.6. The number of aliphatic carboxylic acids is 1. The lowest BCUT2D eigenvalue weighted by Gasteiger charge is -2.10. The molecule has 0 fully saturated rings. The van der Waals surface area contributed by atoms with E-state index in [1.807, 2.05) is 0 Å². The molecule has 0 saturated carbocycles. The van der Waals surface area contributed by atoms with E-state index in [2.05, 4.69) is 0 Å². The molecule has 0 spiro atoms. The number of aromatic hydroxyl groups is 1. The first-order chi connectivity index (χ1) is 6.93. The molecule has 0 amide bonds. The van der Waals surface area contributed by atoms with E-state index in [1.165, 1.54) is 13.0 Å². The molecule has 0 atom stereocenters. The van der Waals surface area contributed by atoms with Crippen molar-refractivity contribution in [1.29, 1.82) is 0 Å². The minimum Gasteiger partial charge on any atom is -0.507 e. The molecule has 0 aliphatic rings. The highest BCUT2D eigenvalue weighted by molar-refractivity contribution is 5.67. The Balaban J connectivity index is 3.09. The Morgan fingerprint density at radius 2 is 2.07 bits per heavy atom. The molecule has 2 N–H and O–H groups in total. The van der Waals surface area contributed by atoms with Gasteiger partial charge in [0, 0.05) is 12.0 Å². The normalized spacial score (nSPS) is 10.3. The summed E-state index contributed by atoms with van der Waals surface area (Å²) in [6.45, 7) is 3.12. The average molecular weight is 212 g/mol. The van der Waals surface area contributed by atoms with Gasteiger partial charge in [0.1, 0.15) is 11.6 Å². The Morgan fingerprint density at radius 3 is 2.60 bits per heavy atom. The minimum absolute atomic E-state index is 0.00449. The number of aryl methyl sites for hydroxylation is 1. The van der Waals surface area contributed by atoms with Crippen LogP contribution in [0.1, 0.15) is 23.1 Å². The summed E-state index contributed by atoms with van der Waals surface area (Å²) in [5.74, 6) is -1.38. The van der Waals surface area contributed by atoms with Crippen molar-refractivity contribution in [3.05, 3.63) is 28.6 Å². The van der Waals surface area contributed by atoms with Crippen molar-refractivity contribution in [2.45, 2.75) is 26.7 Å². The molecule has 0 saturated heterocycles. The van der Waals surface area contributed by atoms with Crippen LogP contribution < -0.4 is 0 Å². The molecule has 0 bridgehead atoms. The van der Waals surface area contributed by atoms with E-state index in [-0.39, 0.29) is 18.6 Å². The fourth-order valence-electron chi connectivity index (χ4n) is 1.46. The van der Waals surface area contributed by atoms with Gasteiger partial charge in [0.2, 0.25) is 0 Å². The second-order valence-corrected chi connectivity index (χ2v) is 3.52. The van der Waals surface area contributed by atoms with Crippen LogP contribution in [-0.2, 0) is 11.2 Å². The maximum Gasteiger partial charge on any atom is 0.303 e. The number of carbonyl (C=O) groups is 1. The number of rotatable bonds is 3. The van der Waals surface area contributed by atoms with E-state index in [0.29, 0.717) is 16.7 Å². The first kappa shape index (κ1) is 11.5. The molecule has 0 aliphatic carbocycles. The lowest BCUT2D eigenvalue weighted by Crippen LogP contribution is -2.01. The van der Waals surface area contributed by atoms with Crippen molar-refractivity contribution in [2.24, 2.45) is 0 Å². The standard InChI is InChI=1S/C11H13FO3/c1-6-5-9(12)7(2)8(11(6)15)3-4-10(13)14/h5,15H,3-4H2,1-2H3,(H,13,14). The van der Waals surface area contributed by atoms with Gasteiger partial charge in [-0.15, -0.1) is 0 Å². The average Bonchev–Trinajstić information content (AvgIpc) is 2.14. The van der Waals surface area contributed by atoms with Crippen LogP contribution in [0.25, 0.3) is 0 Å². The zero-order valence-electron chi connectivity index (χ0n) is 8.67. The fraction of sp³-hybridized carbons (Fsp3) is 0.364. The summed E-state index contributed by atoms with van der Waals surface area (Å²) in [4.78, 5) is 10.4. The molecule has 82 valence electrons. The molecular weight excluding hydrogens is 199 g/mol. The van der Waals surface area contributed by atoms with Gasteiger partial charge in [0.25, 0.3) is 0 Å². The summed E-state index contributed by atoms with van der Waals surface area (Å²) in [7, 11) is 0. The van der Waals surface area contributed by atoms with Crippen molar-refractivity contribution < 1.29 is 19.4 Å². The van der Waals surface area contributed by atoms with Crippen molar-refractivity contribution in [1.82, 2.24) is 0 Å². The summed E-state index contributed by atoms with van der Waals surface area (Å²) in [6.07, 6.45) is 0.0306. The van der Waals surface area contributed by atoms with Crippen LogP contribution in [-0.4, -0.2) is 16.2 Å². The van der Waals surface area contributed by atoms with Gasteiger partial charge in [-0.25, -0.2) is 4.39 Å². The largest absolute Gasteiger partial charge is 0.507 e. The first-order valence-corrected chi connectivity index (χ1v) is 4.62. The molecular formula is C11H13FO3. The highest BCUT2D eigenvalue weighted by Crippen LogP contribution is 2.28. The SMILES string of the molecule is Cc1cc(F)c(C)c(CCC(=O)O)c1O. The van der Waals surface area contributed by atoms with Gasteiger partial charge in [0.15, 0.2) is 0 Å². The number of benzene rings is 1. The van der Waals surface area contributed by atoms with Gasteiger partial charge in [0.05, 0.1) is 0 Å². The fourth-order valence-corrected chi connectivity index (χ4v) is 1.46. The number of phenols is 1. The van der Waals surface area contributed by atoms with Crippen molar-refractivity contribution in [2.75, 3.05) is 0 Å². The van der Waals surface area contributed by atoms with E-state index in [1.54, 1.807) is 6.92 Å². The second-order valence-electron chi connectivity index (χ2n) is 3.52. The topological polar surface area (TPSA) is 57.5 Å². The van der Waals surface area contributed by atoms with Crippen LogP contribution in [0.15, 0.2) is 6.07 Å². The highest BCUT2D eigenvalue weighted by Gasteiger charge is 2.13. The van der Waals surface area contributed by atoms with Crippen LogP contribution in [0.5, 0.6) is 5.75 Å². The number of hydrogen-bond donors (Lipinski definition) is 2. The molecule has 1 rings (SSSR count). The quantitative estimate of drug-likeness (QED) is 0.807. The van der Waals surface area contributed by atoms with Crippen LogP contribution in [0.3, 0.4) is 0 Å². The number of hydrogen-bond acceptors (Lipinski definition) is 2. The molecule has 0 heterocycles. The number of carboxylic acid groups (broad SMARTS) is 1. The predicted molar refractivity (Wildman–Crippen MR) is 53.5 cm³/mol.